The van der Waals surface area contributed by atoms with Gasteiger partial charge in [-0.2, -0.15) is 0 Å². The van der Waals surface area contributed by atoms with E-state index in [1.807, 2.05) is 66.3 Å². The van der Waals surface area contributed by atoms with Crippen LogP contribution in [0.2, 0.25) is 0 Å². The minimum absolute atomic E-state index is 0.0586. The van der Waals surface area contributed by atoms with Crippen LogP contribution in [0, 0.1) is 5.92 Å². The number of hydrogen-bond donors (Lipinski definition) is 2. The number of guanidine groups is 1. The zero-order valence-electron chi connectivity index (χ0n) is 16.8. The monoisotopic (exact) mass is 400 g/mol. The summed E-state index contributed by atoms with van der Waals surface area (Å²) < 4.78 is 1.99. The van der Waals surface area contributed by atoms with E-state index in [0.29, 0.717) is 6.54 Å². The van der Waals surface area contributed by atoms with Crippen LogP contribution in [0.25, 0.3) is 11.1 Å². The van der Waals surface area contributed by atoms with Crippen LogP contribution in [0.3, 0.4) is 0 Å². The van der Waals surface area contributed by atoms with Gasteiger partial charge in [-0.3, -0.25) is 9.69 Å². The summed E-state index contributed by atoms with van der Waals surface area (Å²) in [6.45, 7) is 0.401. The standard InChI is InChI=1S/C24H24N4O2/c1-27-12-4-8-20(27)15-28-22(30)24(18-10-11-18,26-23(28)25)19-7-2-5-16(13-19)17-6-3-9-21(29)14-17/h2-9,12-14,18,29H,10-11,15H2,1H3,(H2,25,26). The van der Waals surface area contributed by atoms with Crippen LogP contribution in [0.4, 0.5) is 0 Å². The van der Waals surface area contributed by atoms with E-state index in [4.69, 9.17) is 10.7 Å². The molecule has 1 atom stereocenters. The van der Waals surface area contributed by atoms with Gasteiger partial charge in [0.15, 0.2) is 11.5 Å². The lowest BCUT2D eigenvalue weighted by Gasteiger charge is -2.27. The predicted molar refractivity (Wildman–Crippen MR) is 116 cm³/mol. The Hall–Kier alpha value is -3.54. The third-order valence-electron chi connectivity index (χ3n) is 6.16. The van der Waals surface area contributed by atoms with Gasteiger partial charge in [-0.05, 0) is 65.8 Å². The highest BCUT2D eigenvalue weighted by Gasteiger charge is 2.58. The number of aryl methyl sites for hydroxylation is 1. The van der Waals surface area contributed by atoms with E-state index in [0.717, 1.165) is 35.2 Å². The molecule has 0 saturated heterocycles. The molecule has 6 nitrogen and oxygen atoms in total. The molecule has 2 aromatic carbocycles. The molecule has 3 N–H and O–H groups in total. The molecule has 1 aliphatic heterocycles. The van der Waals surface area contributed by atoms with E-state index in [1.165, 1.54) is 0 Å². The summed E-state index contributed by atoms with van der Waals surface area (Å²) in [5.74, 6) is 0.580. The lowest BCUT2D eigenvalue weighted by Crippen LogP contribution is -2.43. The van der Waals surface area contributed by atoms with Crippen LogP contribution in [0.5, 0.6) is 5.75 Å². The van der Waals surface area contributed by atoms with E-state index >= 15 is 0 Å². The van der Waals surface area contributed by atoms with Crippen LogP contribution >= 0.6 is 0 Å². The molecule has 1 aromatic heterocycles. The second-order valence-electron chi connectivity index (χ2n) is 8.14. The summed E-state index contributed by atoms with van der Waals surface area (Å²) >= 11 is 0. The molecular weight excluding hydrogens is 376 g/mol. The highest BCUT2D eigenvalue weighted by atomic mass is 16.3. The average molecular weight is 400 g/mol. The van der Waals surface area contributed by atoms with Gasteiger partial charge >= 0.3 is 0 Å². The maximum atomic E-state index is 13.7. The molecule has 1 saturated carbocycles. The Morgan fingerprint density at radius 1 is 1.10 bits per heavy atom. The first-order chi connectivity index (χ1) is 14.5. The first-order valence-corrected chi connectivity index (χ1v) is 10.2. The highest BCUT2D eigenvalue weighted by molar-refractivity contribution is 6.07. The average Bonchev–Trinajstić information content (AvgIpc) is 3.47. The first-order valence-electron chi connectivity index (χ1n) is 10.2. The predicted octanol–water partition coefficient (Wildman–Crippen LogP) is 3.36. The minimum Gasteiger partial charge on any atom is -0.508 e. The molecule has 1 amide bonds. The number of carbonyl (C=O) groups is 1. The van der Waals surface area contributed by atoms with Gasteiger partial charge in [0.25, 0.3) is 5.91 Å². The molecule has 5 rings (SSSR count). The molecule has 3 aromatic rings. The third kappa shape index (κ3) is 2.87. The van der Waals surface area contributed by atoms with Crippen LogP contribution < -0.4 is 5.73 Å². The Labute approximate surface area is 175 Å². The van der Waals surface area contributed by atoms with Crippen molar-refractivity contribution in [3.63, 3.8) is 0 Å². The summed E-state index contributed by atoms with van der Waals surface area (Å²) in [5.41, 5.74) is 9.01. The fourth-order valence-electron chi connectivity index (χ4n) is 4.39. The quantitative estimate of drug-likeness (QED) is 0.689. The molecule has 30 heavy (non-hydrogen) atoms. The summed E-state index contributed by atoms with van der Waals surface area (Å²) in [5, 5.41) is 9.86. The zero-order valence-corrected chi connectivity index (χ0v) is 16.8. The molecule has 2 aliphatic rings. The summed E-state index contributed by atoms with van der Waals surface area (Å²) in [6.07, 6.45) is 3.86. The number of hydrogen-bond acceptors (Lipinski definition) is 4. The van der Waals surface area contributed by atoms with Crippen molar-refractivity contribution in [2.45, 2.75) is 24.9 Å². The molecule has 6 heteroatoms. The van der Waals surface area contributed by atoms with Crippen molar-refractivity contribution < 1.29 is 9.90 Å². The number of phenolic OH excluding ortho intramolecular Hbond substituents is 1. The van der Waals surface area contributed by atoms with Gasteiger partial charge in [0.1, 0.15) is 5.75 Å². The van der Waals surface area contributed by atoms with Crippen LogP contribution in [0.15, 0.2) is 71.9 Å². The van der Waals surface area contributed by atoms with Crippen molar-refractivity contribution in [2.24, 2.45) is 23.7 Å². The lowest BCUT2D eigenvalue weighted by atomic mass is 9.83. The number of aliphatic imine (C=N–C) groups is 1. The fraction of sp³-hybridized carbons (Fsp3) is 0.250. The maximum Gasteiger partial charge on any atom is 0.262 e. The Kier molecular flexibility index (Phi) is 4.17. The van der Waals surface area contributed by atoms with Gasteiger partial charge in [0.05, 0.1) is 6.54 Å². The number of phenols is 1. The smallest absolute Gasteiger partial charge is 0.262 e. The second-order valence-corrected chi connectivity index (χ2v) is 8.14. The normalized spacial score (nSPS) is 21.2. The number of rotatable bonds is 5. The molecule has 0 spiro atoms. The van der Waals surface area contributed by atoms with Crippen LogP contribution in [-0.2, 0) is 23.9 Å². The lowest BCUT2D eigenvalue weighted by molar-refractivity contribution is -0.132. The minimum atomic E-state index is -0.970. The fourth-order valence-corrected chi connectivity index (χ4v) is 4.39. The van der Waals surface area contributed by atoms with E-state index in [9.17, 15) is 9.90 Å². The van der Waals surface area contributed by atoms with Gasteiger partial charge in [-0.1, -0.05) is 30.3 Å². The number of amides is 1. The molecule has 0 bridgehead atoms. The summed E-state index contributed by atoms with van der Waals surface area (Å²) in [6, 6.07) is 19.0. The van der Waals surface area contributed by atoms with Gasteiger partial charge < -0.3 is 15.4 Å². The molecule has 1 unspecified atom stereocenters. The molecule has 0 radical (unpaired) electrons. The highest BCUT2D eigenvalue weighted by Crippen LogP contribution is 2.52. The molecule has 2 heterocycles. The number of nitrogens with two attached hydrogens (primary N) is 1. The topological polar surface area (TPSA) is 83.8 Å². The SMILES string of the molecule is Cn1cccc1CN1C(=O)C(c2cccc(-c3cccc(O)c3)c2)(C2CC2)N=C1N. The van der Waals surface area contributed by atoms with Gasteiger partial charge in [0, 0.05) is 18.9 Å². The van der Waals surface area contributed by atoms with Gasteiger partial charge in [0.2, 0.25) is 0 Å². The van der Waals surface area contributed by atoms with Crippen molar-refractivity contribution in [1.82, 2.24) is 9.47 Å². The second kappa shape index (κ2) is 6.76. The first kappa shape index (κ1) is 18.5. The van der Waals surface area contributed by atoms with E-state index in [-0.39, 0.29) is 23.5 Å². The van der Waals surface area contributed by atoms with Gasteiger partial charge in [-0.25, -0.2) is 4.99 Å². The largest absolute Gasteiger partial charge is 0.508 e. The molecule has 1 aliphatic carbocycles. The van der Waals surface area contributed by atoms with Crippen molar-refractivity contribution in [1.29, 1.82) is 0 Å². The van der Waals surface area contributed by atoms with Crippen molar-refractivity contribution >= 4 is 11.9 Å². The molecule has 152 valence electrons. The van der Waals surface area contributed by atoms with Crippen molar-refractivity contribution in [3.8, 4) is 16.9 Å². The summed E-state index contributed by atoms with van der Waals surface area (Å²) in [4.78, 5) is 20.1. The maximum absolute atomic E-state index is 13.7. The van der Waals surface area contributed by atoms with Crippen molar-refractivity contribution in [3.05, 3.63) is 78.1 Å². The van der Waals surface area contributed by atoms with Crippen LogP contribution in [0.1, 0.15) is 24.1 Å². The van der Waals surface area contributed by atoms with Crippen molar-refractivity contribution in [2.75, 3.05) is 0 Å². The zero-order chi connectivity index (χ0) is 20.9. The number of nitrogens with zero attached hydrogens (tertiary/aromatic N) is 3. The number of aromatic nitrogens is 1. The molecular formula is C24H24N4O2. The molecule has 1 fully saturated rings. The Morgan fingerprint density at radius 3 is 2.50 bits per heavy atom. The summed E-state index contributed by atoms with van der Waals surface area (Å²) in [7, 11) is 1.95. The van der Waals surface area contributed by atoms with Crippen LogP contribution in [-0.4, -0.2) is 26.4 Å². The Balaban J connectivity index is 1.55. The van der Waals surface area contributed by atoms with E-state index < -0.39 is 5.54 Å². The Morgan fingerprint density at radius 2 is 1.83 bits per heavy atom. The number of carbonyl (C=O) groups excluding carboxylic acids is 1. The Bertz CT molecular complexity index is 1160. The third-order valence-corrected chi connectivity index (χ3v) is 6.16. The number of benzene rings is 2. The van der Waals surface area contributed by atoms with E-state index in [1.54, 1.807) is 17.0 Å². The van der Waals surface area contributed by atoms with Gasteiger partial charge in [-0.15, -0.1) is 0 Å². The van der Waals surface area contributed by atoms with E-state index in [2.05, 4.69) is 0 Å². The number of aromatic hydroxyl groups is 1.